The molecule has 0 saturated heterocycles. The zero-order valence-electron chi connectivity index (χ0n) is 9.55. The van der Waals surface area contributed by atoms with Gasteiger partial charge in [0.05, 0.1) is 12.4 Å². The molecule has 2 N–H and O–H groups in total. The first kappa shape index (κ1) is 14.1. The van der Waals surface area contributed by atoms with Crippen molar-refractivity contribution in [2.45, 2.75) is 32.4 Å². The van der Waals surface area contributed by atoms with E-state index >= 15 is 0 Å². The molecule has 0 heterocycles. The van der Waals surface area contributed by atoms with Crippen LogP contribution in [0.2, 0.25) is 0 Å². The monoisotopic (exact) mass is 234 g/mol. The third-order valence-electron chi connectivity index (χ3n) is 1.22. The minimum atomic E-state index is -0.647. The quantitative estimate of drug-likeness (QED) is 0.722. The van der Waals surface area contributed by atoms with Gasteiger partial charge in [-0.2, -0.15) is 0 Å². The molecule has 0 atom stereocenters. The predicted octanol–water partition coefficient (Wildman–Crippen LogP) is 1.30. The van der Waals surface area contributed by atoms with Crippen molar-refractivity contribution in [2.75, 3.05) is 12.4 Å². The number of rotatable bonds is 3. The van der Waals surface area contributed by atoms with Gasteiger partial charge in [0.25, 0.3) is 0 Å². The van der Waals surface area contributed by atoms with Gasteiger partial charge >= 0.3 is 6.09 Å². The first-order valence-electron chi connectivity index (χ1n) is 4.70. The summed E-state index contributed by atoms with van der Waals surface area (Å²) < 4.78 is 4.60. The SMILES string of the molecule is CCOC(=O)NNC(=O)CSC(C)(C)C. The number of carbonyl (C=O) groups excluding carboxylic acids is 2. The molecule has 0 aliphatic carbocycles. The summed E-state index contributed by atoms with van der Waals surface area (Å²) in [6.07, 6.45) is -0.647. The number of ether oxygens (including phenoxy) is 1. The molecule has 0 radical (unpaired) electrons. The van der Waals surface area contributed by atoms with Crippen LogP contribution in [0.15, 0.2) is 0 Å². The van der Waals surface area contributed by atoms with Gasteiger partial charge in [0.2, 0.25) is 5.91 Å². The van der Waals surface area contributed by atoms with Crippen LogP contribution in [0.25, 0.3) is 0 Å². The van der Waals surface area contributed by atoms with E-state index in [9.17, 15) is 9.59 Å². The Hall–Kier alpha value is -0.910. The van der Waals surface area contributed by atoms with Crippen molar-refractivity contribution in [3.05, 3.63) is 0 Å². The van der Waals surface area contributed by atoms with E-state index in [-0.39, 0.29) is 17.3 Å². The van der Waals surface area contributed by atoms with E-state index in [1.165, 1.54) is 11.8 Å². The minimum Gasteiger partial charge on any atom is -0.449 e. The van der Waals surface area contributed by atoms with Crippen molar-refractivity contribution in [1.82, 2.24) is 10.9 Å². The Morgan fingerprint density at radius 2 is 1.87 bits per heavy atom. The summed E-state index contributed by atoms with van der Waals surface area (Å²) in [5.41, 5.74) is 4.40. The molecule has 88 valence electrons. The number of hydrazine groups is 1. The van der Waals surface area contributed by atoms with E-state index in [0.717, 1.165) is 0 Å². The van der Waals surface area contributed by atoms with Gasteiger partial charge in [0, 0.05) is 4.75 Å². The highest BCUT2D eigenvalue weighted by Gasteiger charge is 2.13. The Morgan fingerprint density at radius 1 is 1.27 bits per heavy atom. The fraction of sp³-hybridized carbons (Fsp3) is 0.778. The van der Waals surface area contributed by atoms with E-state index in [4.69, 9.17) is 0 Å². The van der Waals surface area contributed by atoms with Crippen LogP contribution < -0.4 is 10.9 Å². The topological polar surface area (TPSA) is 67.4 Å². The molecule has 0 aromatic carbocycles. The van der Waals surface area contributed by atoms with Gasteiger partial charge in [0.15, 0.2) is 0 Å². The van der Waals surface area contributed by atoms with Gasteiger partial charge < -0.3 is 4.74 Å². The van der Waals surface area contributed by atoms with Crippen LogP contribution in [0, 0.1) is 0 Å². The summed E-state index contributed by atoms with van der Waals surface area (Å²) in [4.78, 5) is 22.0. The van der Waals surface area contributed by atoms with Gasteiger partial charge in [-0.1, -0.05) is 20.8 Å². The highest BCUT2D eigenvalue weighted by Crippen LogP contribution is 2.22. The first-order chi connectivity index (χ1) is 6.85. The average molecular weight is 234 g/mol. The second-order valence-electron chi connectivity index (χ2n) is 3.79. The molecule has 15 heavy (non-hydrogen) atoms. The standard InChI is InChI=1S/C9H18N2O3S/c1-5-14-8(13)11-10-7(12)6-15-9(2,3)4/h5-6H2,1-4H3,(H,10,12)(H,11,13). The van der Waals surface area contributed by atoms with E-state index < -0.39 is 6.09 Å². The van der Waals surface area contributed by atoms with Crippen LogP contribution in [0.1, 0.15) is 27.7 Å². The lowest BCUT2D eigenvalue weighted by Crippen LogP contribution is -2.43. The second-order valence-corrected chi connectivity index (χ2v) is 5.60. The van der Waals surface area contributed by atoms with Gasteiger partial charge in [0.1, 0.15) is 0 Å². The van der Waals surface area contributed by atoms with Crippen molar-refractivity contribution in [2.24, 2.45) is 0 Å². The smallest absolute Gasteiger partial charge is 0.426 e. The van der Waals surface area contributed by atoms with Crippen LogP contribution in [-0.2, 0) is 9.53 Å². The largest absolute Gasteiger partial charge is 0.449 e. The van der Waals surface area contributed by atoms with Crippen molar-refractivity contribution in [3.8, 4) is 0 Å². The van der Waals surface area contributed by atoms with Crippen LogP contribution in [-0.4, -0.2) is 29.1 Å². The van der Waals surface area contributed by atoms with Gasteiger partial charge in [-0.15, -0.1) is 11.8 Å². The molecular weight excluding hydrogens is 216 g/mol. The zero-order chi connectivity index (χ0) is 11.9. The number of carbonyl (C=O) groups is 2. The Labute approximate surface area is 94.3 Å². The average Bonchev–Trinajstić information content (AvgIpc) is 2.11. The number of nitrogens with one attached hydrogen (secondary N) is 2. The van der Waals surface area contributed by atoms with Crippen LogP contribution in [0.4, 0.5) is 4.79 Å². The summed E-state index contributed by atoms with van der Waals surface area (Å²) >= 11 is 1.50. The predicted molar refractivity (Wildman–Crippen MR) is 60.5 cm³/mol. The van der Waals surface area contributed by atoms with Crippen LogP contribution in [0.3, 0.4) is 0 Å². The highest BCUT2D eigenvalue weighted by atomic mass is 32.2. The summed E-state index contributed by atoms with van der Waals surface area (Å²) in [5, 5.41) is 0. The third-order valence-corrected chi connectivity index (χ3v) is 2.49. The Balaban J connectivity index is 3.62. The molecule has 0 aliphatic rings. The zero-order valence-corrected chi connectivity index (χ0v) is 10.4. The molecule has 0 rings (SSSR count). The van der Waals surface area contributed by atoms with Crippen molar-refractivity contribution in [1.29, 1.82) is 0 Å². The molecule has 6 heteroatoms. The fourth-order valence-electron chi connectivity index (χ4n) is 0.606. The lowest BCUT2D eigenvalue weighted by atomic mass is 10.3. The first-order valence-corrected chi connectivity index (χ1v) is 5.69. The number of hydrogen-bond acceptors (Lipinski definition) is 4. The molecule has 0 fully saturated rings. The molecule has 2 amide bonds. The normalized spacial score (nSPS) is 10.7. The number of hydrogen-bond donors (Lipinski definition) is 2. The maximum Gasteiger partial charge on any atom is 0.426 e. The molecule has 0 bridgehead atoms. The Kier molecular flexibility index (Phi) is 6.15. The Morgan fingerprint density at radius 3 is 2.33 bits per heavy atom. The Bertz CT molecular complexity index is 226. The van der Waals surface area contributed by atoms with E-state index in [2.05, 4.69) is 15.6 Å². The lowest BCUT2D eigenvalue weighted by Gasteiger charge is -2.16. The van der Waals surface area contributed by atoms with Gasteiger partial charge in [-0.3, -0.25) is 10.2 Å². The molecule has 5 nitrogen and oxygen atoms in total. The highest BCUT2D eigenvalue weighted by molar-refractivity contribution is 8.01. The van der Waals surface area contributed by atoms with Gasteiger partial charge in [-0.25, -0.2) is 10.2 Å². The third kappa shape index (κ3) is 9.40. The van der Waals surface area contributed by atoms with Crippen LogP contribution >= 0.6 is 11.8 Å². The number of thioether (sulfide) groups is 1. The molecule has 0 aromatic heterocycles. The number of amides is 2. The van der Waals surface area contributed by atoms with E-state index in [0.29, 0.717) is 5.75 Å². The van der Waals surface area contributed by atoms with Crippen LogP contribution in [0.5, 0.6) is 0 Å². The summed E-state index contributed by atoms with van der Waals surface area (Å²) in [5.74, 6) is 0.0543. The summed E-state index contributed by atoms with van der Waals surface area (Å²) in [6, 6.07) is 0. The molecular formula is C9H18N2O3S. The maximum absolute atomic E-state index is 11.2. The summed E-state index contributed by atoms with van der Waals surface area (Å²) in [6.45, 7) is 8.02. The molecule has 0 spiro atoms. The van der Waals surface area contributed by atoms with Gasteiger partial charge in [-0.05, 0) is 6.92 Å². The fourth-order valence-corrected chi connectivity index (χ4v) is 1.24. The maximum atomic E-state index is 11.2. The second kappa shape index (κ2) is 6.55. The van der Waals surface area contributed by atoms with E-state index in [1.807, 2.05) is 20.8 Å². The summed E-state index contributed by atoms with van der Waals surface area (Å²) in [7, 11) is 0. The van der Waals surface area contributed by atoms with Crippen molar-refractivity contribution in [3.63, 3.8) is 0 Å². The molecule has 0 aliphatic heterocycles. The molecule has 0 aromatic rings. The van der Waals surface area contributed by atoms with Crippen molar-refractivity contribution < 1.29 is 14.3 Å². The van der Waals surface area contributed by atoms with E-state index in [1.54, 1.807) is 6.92 Å². The lowest BCUT2D eigenvalue weighted by molar-refractivity contribution is -0.119. The van der Waals surface area contributed by atoms with Crippen molar-refractivity contribution >= 4 is 23.8 Å². The molecule has 0 saturated carbocycles. The molecule has 0 unspecified atom stereocenters. The minimum absolute atomic E-state index is 0.0290.